The summed E-state index contributed by atoms with van der Waals surface area (Å²) in [6.07, 6.45) is 1.03. The molecular weight excluding hydrogens is 258 g/mol. The second kappa shape index (κ2) is 4.18. The zero-order chi connectivity index (χ0) is 10.8. The van der Waals surface area contributed by atoms with E-state index >= 15 is 0 Å². The van der Waals surface area contributed by atoms with Gasteiger partial charge in [-0.25, -0.2) is 4.68 Å². The minimum Gasteiger partial charge on any atom is -0.494 e. The summed E-state index contributed by atoms with van der Waals surface area (Å²) in [5.41, 5.74) is 1.80. The van der Waals surface area contributed by atoms with Crippen LogP contribution in [0.1, 0.15) is 13.3 Å². The summed E-state index contributed by atoms with van der Waals surface area (Å²) in [6.45, 7) is 2.98. The molecule has 80 valence electrons. The molecule has 0 saturated heterocycles. The van der Waals surface area contributed by atoms with E-state index in [4.69, 9.17) is 4.74 Å². The Morgan fingerprint density at radius 3 is 2.93 bits per heavy atom. The van der Waals surface area contributed by atoms with E-state index in [1.54, 1.807) is 7.11 Å². The predicted molar refractivity (Wildman–Crippen MR) is 62.1 cm³/mol. The molecular formula is C10H12BrN3O. The second-order valence-electron chi connectivity index (χ2n) is 3.26. The molecule has 0 radical (unpaired) electrons. The maximum absolute atomic E-state index is 5.24. The fraction of sp³-hybridized carbons (Fsp3) is 0.400. The molecule has 0 bridgehead atoms. The van der Waals surface area contributed by atoms with E-state index in [0.717, 1.165) is 34.2 Å². The van der Waals surface area contributed by atoms with Crippen LogP contribution in [-0.2, 0) is 6.54 Å². The van der Waals surface area contributed by atoms with E-state index in [2.05, 4.69) is 33.2 Å². The Balaban J connectivity index is 2.67. The van der Waals surface area contributed by atoms with Crippen LogP contribution >= 0.6 is 15.9 Å². The number of halogens is 1. The molecule has 0 fully saturated rings. The van der Waals surface area contributed by atoms with Gasteiger partial charge in [-0.1, -0.05) is 12.1 Å². The number of aryl methyl sites for hydroxylation is 1. The number of fused-ring (bicyclic) bond motifs is 1. The lowest BCUT2D eigenvalue weighted by Crippen LogP contribution is -1.99. The minimum atomic E-state index is 0.760. The molecule has 0 saturated carbocycles. The van der Waals surface area contributed by atoms with Crippen molar-refractivity contribution in [3.05, 3.63) is 16.6 Å². The Labute approximate surface area is 96.3 Å². The molecule has 1 aromatic carbocycles. The number of methoxy groups -OCH3 is 1. The third-order valence-electron chi connectivity index (χ3n) is 2.23. The van der Waals surface area contributed by atoms with E-state index in [1.165, 1.54) is 0 Å². The van der Waals surface area contributed by atoms with Crippen LogP contribution in [0.3, 0.4) is 0 Å². The van der Waals surface area contributed by atoms with Crippen LogP contribution in [0.25, 0.3) is 11.0 Å². The van der Waals surface area contributed by atoms with Crippen molar-refractivity contribution in [2.24, 2.45) is 0 Å². The third kappa shape index (κ3) is 1.71. The van der Waals surface area contributed by atoms with Crippen molar-refractivity contribution in [2.45, 2.75) is 19.9 Å². The normalized spacial score (nSPS) is 10.9. The van der Waals surface area contributed by atoms with Gasteiger partial charge >= 0.3 is 0 Å². The zero-order valence-corrected chi connectivity index (χ0v) is 10.3. The molecule has 0 atom stereocenters. The average molecular weight is 270 g/mol. The highest BCUT2D eigenvalue weighted by molar-refractivity contribution is 9.10. The third-order valence-corrected chi connectivity index (χ3v) is 2.87. The molecule has 4 nitrogen and oxygen atoms in total. The molecule has 0 N–H and O–H groups in total. The van der Waals surface area contributed by atoms with Crippen LogP contribution in [0, 0.1) is 0 Å². The van der Waals surface area contributed by atoms with E-state index in [0.29, 0.717) is 0 Å². The van der Waals surface area contributed by atoms with Gasteiger partial charge in [-0.3, -0.25) is 0 Å². The first-order chi connectivity index (χ1) is 7.27. The molecule has 0 spiro atoms. The number of aromatic nitrogens is 3. The lowest BCUT2D eigenvalue weighted by molar-refractivity contribution is 0.418. The van der Waals surface area contributed by atoms with E-state index in [1.807, 2.05) is 16.8 Å². The average Bonchev–Trinajstić information content (AvgIpc) is 2.64. The maximum Gasteiger partial charge on any atom is 0.156 e. The van der Waals surface area contributed by atoms with Crippen molar-refractivity contribution < 1.29 is 4.74 Å². The standard InChI is InChI=1S/C10H12BrN3O/c1-3-6-14-10-7(11)4-5-8(15-2)9(10)12-13-14/h4-5H,3,6H2,1-2H3. The van der Waals surface area contributed by atoms with Crippen LogP contribution in [0.2, 0.25) is 0 Å². The van der Waals surface area contributed by atoms with Crippen molar-refractivity contribution in [2.75, 3.05) is 7.11 Å². The SMILES string of the molecule is CCCn1nnc2c(OC)ccc(Br)c21. The van der Waals surface area contributed by atoms with Gasteiger partial charge in [0, 0.05) is 11.0 Å². The van der Waals surface area contributed by atoms with Crippen LogP contribution < -0.4 is 4.74 Å². The monoisotopic (exact) mass is 269 g/mol. The molecule has 1 heterocycles. The largest absolute Gasteiger partial charge is 0.494 e. The number of ether oxygens (including phenoxy) is 1. The van der Waals surface area contributed by atoms with Gasteiger partial charge in [0.1, 0.15) is 11.3 Å². The fourth-order valence-electron chi connectivity index (χ4n) is 1.56. The van der Waals surface area contributed by atoms with Crippen molar-refractivity contribution in [1.29, 1.82) is 0 Å². The molecule has 0 unspecified atom stereocenters. The second-order valence-corrected chi connectivity index (χ2v) is 4.11. The summed E-state index contributed by atoms with van der Waals surface area (Å²) in [4.78, 5) is 0. The Bertz CT molecular complexity index is 481. The van der Waals surface area contributed by atoms with Gasteiger partial charge in [0.05, 0.1) is 7.11 Å². The molecule has 0 amide bonds. The van der Waals surface area contributed by atoms with Crippen LogP contribution in [0.5, 0.6) is 5.75 Å². The molecule has 5 heteroatoms. The molecule has 0 aliphatic carbocycles. The van der Waals surface area contributed by atoms with E-state index in [9.17, 15) is 0 Å². The highest BCUT2D eigenvalue weighted by Crippen LogP contribution is 2.29. The van der Waals surface area contributed by atoms with Crippen molar-refractivity contribution in [3.63, 3.8) is 0 Å². The minimum absolute atomic E-state index is 0.760. The summed E-state index contributed by atoms with van der Waals surface area (Å²) < 4.78 is 8.13. The number of benzene rings is 1. The van der Waals surface area contributed by atoms with Gasteiger partial charge in [-0.2, -0.15) is 0 Å². The molecule has 2 aromatic rings. The van der Waals surface area contributed by atoms with Gasteiger partial charge in [0.2, 0.25) is 0 Å². The number of nitrogens with zero attached hydrogens (tertiary/aromatic N) is 3. The lowest BCUT2D eigenvalue weighted by Gasteiger charge is -2.03. The number of hydrogen-bond donors (Lipinski definition) is 0. The van der Waals surface area contributed by atoms with Crippen LogP contribution in [0.15, 0.2) is 16.6 Å². The molecule has 0 aliphatic heterocycles. The van der Waals surface area contributed by atoms with Gasteiger partial charge < -0.3 is 4.74 Å². The van der Waals surface area contributed by atoms with Crippen molar-refractivity contribution in [1.82, 2.24) is 15.0 Å². The van der Waals surface area contributed by atoms with Gasteiger partial charge in [-0.15, -0.1) is 5.10 Å². The van der Waals surface area contributed by atoms with Crippen molar-refractivity contribution in [3.8, 4) is 5.75 Å². The Kier molecular flexibility index (Phi) is 2.90. The quantitative estimate of drug-likeness (QED) is 0.860. The summed E-state index contributed by atoms with van der Waals surface area (Å²) in [6, 6.07) is 3.84. The Morgan fingerprint density at radius 2 is 2.27 bits per heavy atom. The highest BCUT2D eigenvalue weighted by Gasteiger charge is 2.12. The summed E-state index contributed by atoms with van der Waals surface area (Å²) in [5, 5.41) is 8.24. The van der Waals surface area contributed by atoms with Gasteiger partial charge in [0.25, 0.3) is 0 Å². The molecule has 15 heavy (non-hydrogen) atoms. The maximum atomic E-state index is 5.24. The number of rotatable bonds is 3. The Morgan fingerprint density at radius 1 is 1.47 bits per heavy atom. The molecule has 1 aromatic heterocycles. The van der Waals surface area contributed by atoms with Crippen LogP contribution in [-0.4, -0.2) is 22.1 Å². The smallest absolute Gasteiger partial charge is 0.156 e. The van der Waals surface area contributed by atoms with Crippen molar-refractivity contribution >= 4 is 27.0 Å². The first-order valence-corrected chi connectivity index (χ1v) is 5.63. The zero-order valence-electron chi connectivity index (χ0n) is 8.70. The summed E-state index contributed by atoms with van der Waals surface area (Å²) in [7, 11) is 1.64. The molecule has 2 rings (SSSR count). The summed E-state index contributed by atoms with van der Waals surface area (Å²) >= 11 is 3.50. The van der Waals surface area contributed by atoms with E-state index < -0.39 is 0 Å². The fourth-order valence-corrected chi connectivity index (χ4v) is 2.08. The predicted octanol–water partition coefficient (Wildman–Crippen LogP) is 2.61. The lowest BCUT2D eigenvalue weighted by atomic mass is 10.3. The topological polar surface area (TPSA) is 39.9 Å². The summed E-state index contributed by atoms with van der Waals surface area (Å²) in [5.74, 6) is 0.760. The first kappa shape index (κ1) is 10.4. The van der Waals surface area contributed by atoms with Gasteiger partial charge in [-0.05, 0) is 34.5 Å². The Hall–Kier alpha value is -1.10. The highest BCUT2D eigenvalue weighted by atomic mass is 79.9. The molecule has 0 aliphatic rings. The number of hydrogen-bond acceptors (Lipinski definition) is 3. The van der Waals surface area contributed by atoms with E-state index in [-0.39, 0.29) is 0 Å². The first-order valence-electron chi connectivity index (χ1n) is 4.83. The van der Waals surface area contributed by atoms with Gasteiger partial charge in [0.15, 0.2) is 5.52 Å². The van der Waals surface area contributed by atoms with Crippen LogP contribution in [0.4, 0.5) is 0 Å².